The highest BCUT2D eigenvalue weighted by atomic mass is 32.2. The van der Waals surface area contributed by atoms with E-state index in [-0.39, 0.29) is 28.5 Å². The largest absolute Gasteiger partial charge is 0.446 e. The van der Waals surface area contributed by atoms with Crippen molar-refractivity contribution in [1.82, 2.24) is 4.90 Å². The summed E-state index contributed by atoms with van der Waals surface area (Å²) in [6, 6.07) is 6.03. The van der Waals surface area contributed by atoms with Crippen molar-refractivity contribution in [2.24, 2.45) is 11.7 Å². The molecular weight excluding hydrogens is 301 g/mol. The number of thioether (sulfide) groups is 1. The van der Waals surface area contributed by atoms with Crippen LogP contribution in [-0.2, 0) is 11.3 Å². The normalized spacial score (nSPS) is 11.8. The molecule has 0 aromatic heterocycles. The van der Waals surface area contributed by atoms with Crippen molar-refractivity contribution in [3.63, 3.8) is 0 Å². The maximum absolute atomic E-state index is 12.2. The maximum atomic E-state index is 12.2. The highest BCUT2D eigenvalue weighted by Crippen LogP contribution is 2.36. The number of alkyl halides is 3. The number of carbonyl (C=O) groups excluding carboxylic acids is 1. The molecular formula is C14H19F3N2OS. The Balaban J connectivity index is 2.74. The molecule has 118 valence electrons. The molecule has 0 saturated carbocycles. The summed E-state index contributed by atoms with van der Waals surface area (Å²) < 4.78 is 36.7. The molecule has 0 fully saturated rings. The van der Waals surface area contributed by atoms with Gasteiger partial charge in [-0.1, -0.05) is 26.0 Å². The Labute approximate surface area is 126 Å². The highest BCUT2D eigenvalue weighted by Gasteiger charge is 2.29. The minimum atomic E-state index is -4.29. The van der Waals surface area contributed by atoms with Gasteiger partial charge in [0, 0.05) is 30.4 Å². The van der Waals surface area contributed by atoms with E-state index in [9.17, 15) is 18.0 Å². The van der Waals surface area contributed by atoms with E-state index in [1.165, 1.54) is 12.1 Å². The summed E-state index contributed by atoms with van der Waals surface area (Å²) in [6.45, 7) is 4.73. The van der Waals surface area contributed by atoms with Crippen LogP contribution in [0.2, 0.25) is 0 Å². The van der Waals surface area contributed by atoms with Crippen molar-refractivity contribution in [2.75, 3.05) is 13.1 Å². The smallest absolute Gasteiger partial charge is 0.337 e. The minimum Gasteiger partial charge on any atom is -0.337 e. The van der Waals surface area contributed by atoms with E-state index < -0.39 is 5.51 Å². The molecule has 1 aromatic carbocycles. The van der Waals surface area contributed by atoms with E-state index >= 15 is 0 Å². The number of rotatable bonds is 6. The quantitative estimate of drug-likeness (QED) is 0.819. The molecule has 0 radical (unpaired) electrons. The second-order valence-corrected chi connectivity index (χ2v) is 6.03. The van der Waals surface area contributed by atoms with E-state index in [0.29, 0.717) is 19.6 Å². The van der Waals surface area contributed by atoms with Gasteiger partial charge >= 0.3 is 5.51 Å². The van der Waals surface area contributed by atoms with E-state index in [1.54, 1.807) is 30.9 Å². The second kappa shape index (κ2) is 7.70. The number of hydrogen-bond acceptors (Lipinski definition) is 3. The predicted octanol–water partition coefficient (Wildman–Crippen LogP) is 3.24. The topological polar surface area (TPSA) is 46.3 Å². The first kappa shape index (κ1) is 17.8. The number of halogens is 3. The van der Waals surface area contributed by atoms with Gasteiger partial charge in [-0.25, -0.2) is 0 Å². The minimum absolute atomic E-state index is 0.0193. The Morgan fingerprint density at radius 3 is 2.29 bits per heavy atom. The molecule has 3 nitrogen and oxygen atoms in total. The highest BCUT2D eigenvalue weighted by molar-refractivity contribution is 8.00. The van der Waals surface area contributed by atoms with Crippen molar-refractivity contribution in [2.45, 2.75) is 30.8 Å². The van der Waals surface area contributed by atoms with Gasteiger partial charge in [-0.2, -0.15) is 13.2 Å². The van der Waals surface area contributed by atoms with E-state index in [4.69, 9.17) is 5.73 Å². The van der Waals surface area contributed by atoms with Crippen LogP contribution >= 0.6 is 11.8 Å². The summed E-state index contributed by atoms with van der Waals surface area (Å²) in [4.78, 5) is 13.8. The van der Waals surface area contributed by atoms with Crippen LogP contribution in [0, 0.1) is 5.92 Å². The van der Waals surface area contributed by atoms with E-state index in [2.05, 4.69) is 0 Å². The third kappa shape index (κ3) is 6.39. The Bertz CT molecular complexity index is 460. The van der Waals surface area contributed by atoms with Gasteiger partial charge in [-0.05, 0) is 29.5 Å². The fourth-order valence-electron chi connectivity index (χ4n) is 1.81. The number of nitrogens with zero attached hydrogens (tertiary/aromatic N) is 1. The summed E-state index contributed by atoms with van der Waals surface area (Å²) in [5, 5.41) is 0. The van der Waals surface area contributed by atoms with Crippen LogP contribution in [-0.4, -0.2) is 29.4 Å². The summed E-state index contributed by atoms with van der Waals surface area (Å²) in [5.41, 5.74) is 1.98. The molecule has 0 spiro atoms. The number of benzene rings is 1. The van der Waals surface area contributed by atoms with Crippen LogP contribution in [0.1, 0.15) is 19.4 Å². The third-order valence-electron chi connectivity index (χ3n) is 2.73. The van der Waals surface area contributed by atoms with Gasteiger partial charge in [0.15, 0.2) is 0 Å². The van der Waals surface area contributed by atoms with Crippen LogP contribution in [0.3, 0.4) is 0 Å². The lowest BCUT2D eigenvalue weighted by atomic mass is 10.1. The van der Waals surface area contributed by atoms with Gasteiger partial charge in [0.05, 0.1) is 0 Å². The Kier molecular flexibility index (Phi) is 6.54. The zero-order valence-electron chi connectivity index (χ0n) is 12.0. The van der Waals surface area contributed by atoms with E-state index in [1.807, 2.05) is 0 Å². The van der Waals surface area contributed by atoms with Gasteiger partial charge < -0.3 is 10.6 Å². The van der Waals surface area contributed by atoms with Crippen LogP contribution in [0.5, 0.6) is 0 Å². The SMILES string of the molecule is CC(C)C(=O)N(CCN)Cc1ccc(SC(F)(F)F)cc1. The molecule has 0 saturated heterocycles. The number of amides is 1. The molecule has 7 heteroatoms. The molecule has 1 amide bonds. The summed E-state index contributed by atoms with van der Waals surface area (Å²) >= 11 is -0.151. The van der Waals surface area contributed by atoms with Crippen molar-refractivity contribution in [3.05, 3.63) is 29.8 Å². The van der Waals surface area contributed by atoms with Crippen LogP contribution in [0.25, 0.3) is 0 Å². The molecule has 0 bridgehead atoms. The van der Waals surface area contributed by atoms with Crippen molar-refractivity contribution in [1.29, 1.82) is 0 Å². The molecule has 0 heterocycles. The van der Waals surface area contributed by atoms with Crippen LogP contribution < -0.4 is 5.73 Å². The van der Waals surface area contributed by atoms with Crippen LogP contribution in [0.15, 0.2) is 29.2 Å². The molecule has 0 aliphatic carbocycles. The van der Waals surface area contributed by atoms with Gasteiger partial charge in [-0.3, -0.25) is 4.79 Å². The Hall–Kier alpha value is -1.21. The van der Waals surface area contributed by atoms with Crippen molar-refractivity contribution >= 4 is 17.7 Å². The number of hydrogen-bond donors (Lipinski definition) is 1. The predicted molar refractivity (Wildman–Crippen MR) is 77.7 cm³/mol. The zero-order valence-corrected chi connectivity index (χ0v) is 12.8. The average molecular weight is 320 g/mol. The van der Waals surface area contributed by atoms with Crippen molar-refractivity contribution < 1.29 is 18.0 Å². The lowest BCUT2D eigenvalue weighted by Gasteiger charge is -2.24. The summed E-state index contributed by atoms with van der Waals surface area (Å²) in [6.07, 6.45) is 0. The summed E-state index contributed by atoms with van der Waals surface area (Å²) in [5.74, 6) is -0.161. The van der Waals surface area contributed by atoms with Gasteiger partial charge in [-0.15, -0.1) is 0 Å². The monoisotopic (exact) mass is 320 g/mol. The number of nitrogens with two attached hydrogens (primary N) is 1. The fraction of sp³-hybridized carbons (Fsp3) is 0.500. The average Bonchev–Trinajstić information content (AvgIpc) is 2.37. The molecule has 0 aliphatic rings. The molecule has 0 atom stereocenters. The molecule has 1 aromatic rings. The first-order valence-corrected chi connectivity index (χ1v) is 7.38. The number of carbonyl (C=O) groups is 1. The maximum Gasteiger partial charge on any atom is 0.446 e. The first-order chi connectivity index (χ1) is 9.73. The molecule has 21 heavy (non-hydrogen) atoms. The molecule has 0 aliphatic heterocycles. The van der Waals surface area contributed by atoms with Gasteiger partial charge in [0.2, 0.25) is 5.91 Å². The van der Waals surface area contributed by atoms with E-state index in [0.717, 1.165) is 5.56 Å². The Morgan fingerprint density at radius 1 is 1.29 bits per heavy atom. The van der Waals surface area contributed by atoms with Gasteiger partial charge in [0.1, 0.15) is 0 Å². The lowest BCUT2D eigenvalue weighted by molar-refractivity contribution is -0.135. The Morgan fingerprint density at radius 2 is 1.86 bits per heavy atom. The lowest BCUT2D eigenvalue weighted by Crippen LogP contribution is -2.37. The third-order valence-corrected chi connectivity index (χ3v) is 3.47. The zero-order chi connectivity index (χ0) is 16.0. The fourth-order valence-corrected chi connectivity index (χ4v) is 2.34. The molecule has 1 rings (SSSR count). The standard InChI is InChI=1S/C14H19F3N2OS/c1-10(2)13(20)19(8-7-18)9-11-3-5-12(6-4-11)21-14(15,16)17/h3-6,10H,7-9,18H2,1-2H3. The summed E-state index contributed by atoms with van der Waals surface area (Å²) in [7, 11) is 0. The molecule has 0 unspecified atom stereocenters. The second-order valence-electron chi connectivity index (χ2n) is 4.89. The van der Waals surface area contributed by atoms with Crippen LogP contribution in [0.4, 0.5) is 13.2 Å². The first-order valence-electron chi connectivity index (χ1n) is 6.56. The van der Waals surface area contributed by atoms with Gasteiger partial charge in [0.25, 0.3) is 0 Å². The van der Waals surface area contributed by atoms with Crippen molar-refractivity contribution in [3.8, 4) is 0 Å². The molecule has 2 N–H and O–H groups in total.